The molecular weight excluding hydrogens is 322 g/mol. The minimum atomic E-state index is -0.0131. The number of amides is 1. The van der Waals surface area contributed by atoms with Crippen molar-refractivity contribution in [3.63, 3.8) is 0 Å². The van der Waals surface area contributed by atoms with Crippen LogP contribution in [0.4, 0.5) is 5.69 Å². The number of rotatable bonds is 8. The number of methoxy groups -OCH3 is 1. The third-order valence-electron chi connectivity index (χ3n) is 3.45. The molecule has 0 aliphatic heterocycles. The van der Waals surface area contributed by atoms with E-state index in [4.69, 9.17) is 4.74 Å². The fourth-order valence-electron chi connectivity index (χ4n) is 2.11. The maximum atomic E-state index is 11.9. The van der Waals surface area contributed by atoms with Crippen molar-refractivity contribution >= 4 is 29.1 Å². The van der Waals surface area contributed by atoms with Crippen molar-refractivity contribution in [3.8, 4) is 5.75 Å². The largest absolute Gasteiger partial charge is 0.497 e. The van der Waals surface area contributed by atoms with Gasteiger partial charge in [0.05, 0.1) is 7.11 Å². The van der Waals surface area contributed by atoms with Crippen LogP contribution in [0.5, 0.6) is 5.75 Å². The van der Waals surface area contributed by atoms with Crippen LogP contribution < -0.4 is 10.1 Å². The van der Waals surface area contributed by atoms with E-state index in [0.29, 0.717) is 17.7 Å². The molecule has 0 radical (unpaired) electrons. The maximum absolute atomic E-state index is 11.9. The lowest BCUT2D eigenvalue weighted by molar-refractivity contribution is -0.116. The molecule has 0 spiro atoms. The molecule has 0 saturated carbocycles. The van der Waals surface area contributed by atoms with Gasteiger partial charge in [0.15, 0.2) is 5.78 Å². The first-order valence-corrected chi connectivity index (χ1v) is 8.75. The molecular formula is C19H21NO3S. The molecule has 0 bridgehead atoms. The molecule has 0 fully saturated rings. The Morgan fingerprint density at radius 3 is 2.29 bits per heavy atom. The van der Waals surface area contributed by atoms with Gasteiger partial charge in [0, 0.05) is 22.6 Å². The van der Waals surface area contributed by atoms with E-state index in [9.17, 15) is 9.59 Å². The van der Waals surface area contributed by atoms with Crippen molar-refractivity contribution in [3.05, 3.63) is 54.1 Å². The average Bonchev–Trinajstić information content (AvgIpc) is 2.59. The van der Waals surface area contributed by atoms with Crippen molar-refractivity contribution in [2.75, 3.05) is 18.2 Å². The Morgan fingerprint density at radius 1 is 1.04 bits per heavy atom. The number of thioether (sulfide) groups is 1. The molecule has 0 aliphatic carbocycles. The number of hydrogen-bond acceptors (Lipinski definition) is 4. The highest BCUT2D eigenvalue weighted by atomic mass is 32.2. The van der Waals surface area contributed by atoms with E-state index in [1.54, 1.807) is 43.1 Å². The number of hydrogen-bond donors (Lipinski definition) is 1. The predicted molar refractivity (Wildman–Crippen MR) is 98.0 cm³/mol. The minimum Gasteiger partial charge on any atom is -0.497 e. The second kappa shape index (κ2) is 9.13. The molecule has 0 aromatic heterocycles. The summed E-state index contributed by atoms with van der Waals surface area (Å²) in [5, 5.41) is 2.85. The summed E-state index contributed by atoms with van der Waals surface area (Å²) in [6.07, 6.45) is 1.27. The van der Waals surface area contributed by atoms with Gasteiger partial charge in [-0.15, -0.1) is 11.8 Å². The van der Waals surface area contributed by atoms with Crippen molar-refractivity contribution in [2.45, 2.75) is 24.7 Å². The Balaban J connectivity index is 1.69. The third-order valence-corrected chi connectivity index (χ3v) is 4.55. The molecule has 0 unspecified atom stereocenters. The molecule has 0 atom stereocenters. The molecule has 0 aliphatic rings. The number of carbonyl (C=O) groups is 2. The first-order chi connectivity index (χ1) is 11.6. The summed E-state index contributed by atoms with van der Waals surface area (Å²) in [6, 6.07) is 14.8. The zero-order chi connectivity index (χ0) is 17.4. The van der Waals surface area contributed by atoms with Crippen molar-refractivity contribution < 1.29 is 14.3 Å². The fourth-order valence-corrected chi connectivity index (χ4v) is 2.96. The summed E-state index contributed by atoms with van der Waals surface area (Å²) in [5.41, 5.74) is 1.36. The topological polar surface area (TPSA) is 55.4 Å². The number of anilines is 1. The van der Waals surface area contributed by atoms with Gasteiger partial charge in [-0.1, -0.05) is 0 Å². The zero-order valence-corrected chi connectivity index (χ0v) is 14.7. The van der Waals surface area contributed by atoms with Gasteiger partial charge in [0.1, 0.15) is 5.75 Å². The summed E-state index contributed by atoms with van der Waals surface area (Å²) in [7, 11) is 1.65. The third kappa shape index (κ3) is 5.74. The quantitative estimate of drug-likeness (QED) is 0.438. The molecule has 126 valence electrons. The molecule has 0 saturated heterocycles. The fraction of sp³-hybridized carbons (Fsp3) is 0.263. The van der Waals surface area contributed by atoms with Crippen LogP contribution in [0.25, 0.3) is 0 Å². The normalized spacial score (nSPS) is 10.2. The summed E-state index contributed by atoms with van der Waals surface area (Å²) >= 11 is 1.72. The van der Waals surface area contributed by atoms with Crippen molar-refractivity contribution in [1.29, 1.82) is 0 Å². The van der Waals surface area contributed by atoms with Gasteiger partial charge in [-0.3, -0.25) is 9.59 Å². The van der Waals surface area contributed by atoms with Crippen LogP contribution in [0.3, 0.4) is 0 Å². The highest BCUT2D eigenvalue weighted by Crippen LogP contribution is 2.22. The second-order valence-corrected chi connectivity index (χ2v) is 6.48. The summed E-state index contributed by atoms with van der Waals surface area (Å²) in [4.78, 5) is 24.3. The van der Waals surface area contributed by atoms with E-state index in [1.165, 1.54) is 6.92 Å². The summed E-state index contributed by atoms with van der Waals surface area (Å²) < 4.78 is 5.12. The lowest BCUT2D eigenvalue weighted by atomic mass is 10.1. The lowest BCUT2D eigenvalue weighted by Gasteiger charge is -2.06. The number of ketones is 1. The van der Waals surface area contributed by atoms with Gasteiger partial charge in [-0.25, -0.2) is 0 Å². The average molecular weight is 343 g/mol. The molecule has 0 heterocycles. The summed E-state index contributed by atoms with van der Waals surface area (Å²) in [5.74, 6) is 1.72. The Kier molecular flexibility index (Phi) is 6.88. The standard InChI is InChI=1S/C19H21NO3S/c1-14(21)15-5-7-16(8-6-15)20-19(22)4-3-13-24-18-11-9-17(23-2)10-12-18/h5-12H,3-4,13H2,1-2H3,(H,20,22). The van der Waals surface area contributed by atoms with Crippen LogP contribution in [0.2, 0.25) is 0 Å². The van der Waals surface area contributed by atoms with E-state index in [-0.39, 0.29) is 11.7 Å². The smallest absolute Gasteiger partial charge is 0.224 e. The van der Waals surface area contributed by atoms with Crippen LogP contribution in [-0.4, -0.2) is 24.6 Å². The van der Waals surface area contributed by atoms with Gasteiger partial charge in [0.2, 0.25) is 5.91 Å². The van der Waals surface area contributed by atoms with Gasteiger partial charge >= 0.3 is 0 Å². The van der Waals surface area contributed by atoms with E-state index in [2.05, 4.69) is 5.32 Å². The molecule has 1 N–H and O–H groups in total. The lowest BCUT2D eigenvalue weighted by Crippen LogP contribution is -2.11. The van der Waals surface area contributed by atoms with E-state index in [1.807, 2.05) is 24.3 Å². The van der Waals surface area contributed by atoms with Crippen LogP contribution in [0.15, 0.2) is 53.4 Å². The summed E-state index contributed by atoms with van der Waals surface area (Å²) in [6.45, 7) is 1.52. The molecule has 2 aromatic carbocycles. The number of Topliss-reactive ketones (excluding diaryl/α,β-unsaturated/α-hetero) is 1. The molecule has 2 rings (SSSR count). The predicted octanol–water partition coefficient (Wildman–Crippen LogP) is 4.41. The molecule has 24 heavy (non-hydrogen) atoms. The van der Waals surface area contributed by atoms with Crippen LogP contribution >= 0.6 is 11.8 Å². The van der Waals surface area contributed by atoms with E-state index in [0.717, 1.165) is 22.8 Å². The highest BCUT2D eigenvalue weighted by Gasteiger charge is 2.04. The van der Waals surface area contributed by atoms with Crippen LogP contribution in [-0.2, 0) is 4.79 Å². The maximum Gasteiger partial charge on any atom is 0.224 e. The molecule has 4 nitrogen and oxygen atoms in total. The molecule has 1 amide bonds. The Hall–Kier alpha value is -2.27. The number of nitrogens with one attached hydrogen (secondary N) is 1. The molecule has 2 aromatic rings. The first-order valence-electron chi connectivity index (χ1n) is 7.76. The zero-order valence-electron chi connectivity index (χ0n) is 13.9. The van der Waals surface area contributed by atoms with Crippen molar-refractivity contribution in [2.24, 2.45) is 0 Å². The Labute approximate surface area is 146 Å². The minimum absolute atomic E-state index is 0.0131. The van der Waals surface area contributed by atoms with Crippen LogP contribution in [0.1, 0.15) is 30.1 Å². The van der Waals surface area contributed by atoms with Crippen molar-refractivity contribution in [1.82, 2.24) is 0 Å². The Bertz CT molecular complexity index is 681. The monoisotopic (exact) mass is 343 g/mol. The van der Waals surface area contributed by atoms with Gasteiger partial charge in [-0.2, -0.15) is 0 Å². The van der Waals surface area contributed by atoms with Crippen LogP contribution in [0, 0.1) is 0 Å². The van der Waals surface area contributed by atoms with Gasteiger partial charge in [0.25, 0.3) is 0 Å². The van der Waals surface area contributed by atoms with Gasteiger partial charge < -0.3 is 10.1 Å². The SMILES string of the molecule is COc1ccc(SCCCC(=O)Nc2ccc(C(C)=O)cc2)cc1. The van der Waals surface area contributed by atoms with E-state index >= 15 is 0 Å². The Morgan fingerprint density at radius 2 is 1.71 bits per heavy atom. The number of carbonyl (C=O) groups excluding carboxylic acids is 2. The van der Waals surface area contributed by atoms with Gasteiger partial charge in [-0.05, 0) is 67.6 Å². The molecule has 5 heteroatoms. The number of ether oxygens (including phenoxy) is 1. The highest BCUT2D eigenvalue weighted by molar-refractivity contribution is 7.99. The second-order valence-electron chi connectivity index (χ2n) is 5.31. The van der Waals surface area contributed by atoms with E-state index < -0.39 is 0 Å². The first kappa shape index (κ1) is 18.1. The number of benzene rings is 2.